The summed E-state index contributed by atoms with van der Waals surface area (Å²) in [5.41, 5.74) is 1.61. The van der Waals surface area contributed by atoms with Gasteiger partial charge in [-0.25, -0.2) is 9.07 Å². The normalized spacial score (nSPS) is 10.6. The number of carbonyl (C=O) groups is 1. The van der Waals surface area contributed by atoms with Crippen molar-refractivity contribution in [1.82, 2.24) is 15.1 Å². The summed E-state index contributed by atoms with van der Waals surface area (Å²) < 4.78 is 14.4. The number of nitrogens with one attached hydrogen (secondary N) is 1. The molecule has 0 atom stereocenters. The van der Waals surface area contributed by atoms with Crippen molar-refractivity contribution in [2.75, 3.05) is 12.8 Å². The smallest absolute Gasteiger partial charge is 0.266 e. The van der Waals surface area contributed by atoms with Gasteiger partial charge in [0.05, 0.1) is 17.8 Å². The number of hydrogen-bond acceptors (Lipinski definition) is 4. The van der Waals surface area contributed by atoms with Crippen LogP contribution >= 0.6 is 11.8 Å². The molecule has 2 aromatic carbocycles. The topological polar surface area (TPSA) is 64.0 Å². The van der Waals surface area contributed by atoms with Crippen molar-refractivity contribution in [2.24, 2.45) is 0 Å². The molecule has 1 heterocycles. The lowest BCUT2D eigenvalue weighted by Crippen LogP contribution is -2.32. The van der Waals surface area contributed by atoms with Crippen LogP contribution in [0.3, 0.4) is 0 Å². The Hall–Kier alpha value is -2.93. The molecule has 1 amide bonds. The van der Waals surface area contributed by atoms with Crippen LogP contribution in [0.25, 0.3) is 11.3 Å². The van der Waals surface area contributed by atoms with Crippen LogP contribution in [-0.4, -0.2) is 28.5 Å². The van der Waals surface area contributed by atoms with Gasteiger partial charge in [-0.1, -0.05) is 12.1 Å². The molecule has 0 aliphatic carbocycles. The second kappa shape index (κ2) is 8.64. The van der Waals surface area contributed by atoms with E-state index >= 15 is 0 Å². The predicted octanol–water partition coefficient (Wildman–Crippen LogP) is 3.20. The van der Waals surface area contributed by atoms with Crippen LogP contribution in [0.1, 0.15) is 10.4 Å². The van der Waals surface area contributed by atoms with E-state index in [4.69, 9.17) is 0 Å². The van der Waals surface area contributed by atoms with Gasteiger partial charge in [-0.2, -0.15) is 5.10 Å². The number of halogens is 1. The average Bonchev–Trinajstić information content (AvgIpc) is 2.70. The molecule has 0 aliphatic rings. The summed E-state index contributed by atoms with van der Waals surface area (Å²) in [5.74, 6) is -0.525. The number of amides is 1. The first kappa shape index (κ1) is 18.8. The predicted molar refractivity (Wildman–Crippen MR) is 104 cm³/mol. The van der Waals surface area contributed by atoms with E-state index in [1.165, 1.54) is 34.6 Å². The van der Waals surface area contributed by atoms with Crippen molar-refractivity contribution in [3.05, 3.63) is 82.4 Å². The lowest BCUT2D eigenvalue weighted by Gasteiger charge is -2.10. The third kappa shape index (κ3) is 4.62. The number of aromatic nitrogens is 2. The summed E-state index contributed by atoms with van der Waals surface area (Å²) >= 11 is 1.50. The Labute approximate surface area is 160 Å². The second-order valence-corrected chi connectivity index (χ2v) is 6.59. The van der Waals surface area contributed by atoms with Gasteiger partial charge in [0, 0.05) is 23.1 Å². The highest BCUT2D eigenvalue weighted by Gasteiger charge is 2.10. The van der Waals surface area contributed by atoms with Crippen molar-refractivity contribution in [3.8, 4) is 11.3 Å². The van der Waals surface area contributed by atoms with E-state index in [0.717, 1.165) is 4.90 Å². The summed E-state index contributed by atoms with van der Waals surface area (Å²) in [4.78, 5) is 25.3. The van der Waals surface area contributed by atoms with Gasteiger partial charge < -0.3 is 5.32 Å². The van der Waals surface area contributed by atoms with Crippen molar-refractivity contribution < 1.29 is 9.18 Å². The third-order valence-electron chi connectivity index (χ3n) is 3.97. The molecule has 0 radical (unpaired) electrons. The SMILES string of the molecule is CSc1ccccc1C(=O)NCCn1nc(-c2ccc(F)cc2)ccc1=O. The lowest BCUT2D eigenvalue weighted by molar-refractivity contribution is 0.0949. The molecule has 7 heteroatoms. The highest BCUT2D eigenvalue weighted by molar-refractivity contribution is 7.98. The van der Waals surface area contributed by atoms with Crippen molar-refractivity contribution in [1.29, 1.82) is 0 Å². The van der Waals surface area contributed by atoms with Crippen LogP contribution in [0.5, 0.6) is 0 Å². The van der Waals surface area contributed by atoms with Gasteiger partial charge in [-0.3, -0.25) is 9.59 Å². The summed E-state index contributed by atoms with van der Waals surface area (Å²) in [5, 5.41) is 7.12. The molecule has 0 unspecified atom stereocenters. The molecule has 0 saturated carbocycles. The molecule has 0 saturated heterocycles. The molecule has 1 N–H and O–H groups in total. The largest absolute Gasteiger partial charge is 0.350 e. The number of carbonyl (C=O) groups excluding carboxylic acids is 1. The number of rotatable bonds is 6. The quantitative estimate of drug-likeness (QED) is 0.664. The van der Waals surface area contributed by atoms with E-state index in [1.54, 1.807) is 24.3 Å². The molecule has 1 aromatic heterocycles. The fourth-order valence-corrected chi connectivity index (χ4v) is 3.18. The molecule has 3 rings (SSSR count). The standard InChI is InChI=1S/C20H18FN3O2S/c1-27-18-5-3-2-4-16(18)20(26)22-12-13-24-19(25)11-10-17(23-24)14-6-8-15(21)9-7-14/h2-11H,12-13H2,1H3,(H,22,26). The molecule has 27 heavy (non-hydrogen) atoms. The molecule has 5 nitrogen and oxygen atoms in total. The van der Waals surface area contributed by atoms with Crippen LogP contribution in [0, 0.1) is 5.82 Å². The molecule has 138 valence electrons. The monoisotopic (exact) mass is 383 g/mol. The minimum absolute atomic E-state index is 0.192. The first-order valence-electron chi connectivity index (χ1n) is 8.34. The van der Waals surface area contributed by atoms with Crippen molar-refractivity contribution >= 4 is 17.7 Å². The molecule has 0 spiro atoms. The maximum atomic E-state index is 13.1. The van der Waals surface area contributed by atoms with E-state index in [0.29, 0.717) is 16.8 Å². The Balaban J connectivity index is 1.69. The molecular weight excluding hydrogens is 365 g/mol. The molecule has 0 aliphatic heterocycles. The summed E-state index contributed by atoms with van der Waals surface area (Å²) in [6.07, 6.45) is 1.91. The van der Waals surface area contributed by atoms with E-state index in [9.17, 15) is 14.0 Å². The van der Waals surface area contributed by atoms with E-state index in [1.807, 2.05) is 24.5 Å². The van der Waals surface area contributed by atoms with Gasteiger partial charge in [0.15, 0.2) is 0 Å². The number of thioether (sulfide) groups is 1. The Kier molecular flexibility index (Phi) is 6.03. The van der Waals surface area contributed by atoms with Crippen LogP contribution < -0.4 is 10.9 Å². The van der Waals surface area contributed by atoms with Crippen LogP contribution in [0.15, 0.2) is 70.4 Å². The zero-order valence-corrected chi connectivity index (χ0v) is 15.5. The third-order valence-corrected chi connectivity index (χ3v) is 4.76. The van der Waals surface area contributed by atoms with Gasteiger partial charge in [-0.15, -0.1) is 11.8 Å². The van der Waals surface area contributed by atoms with Crippen LogP contribution in [0.4, 0.5) is 4.39 Å². The van der Waals surface area contributed by atoms with Gasteiger partial charge in [0.2, 0.25) is 0 Å². The molecule has 0 bridgehead atoms. The van der Waals surface area contributed by atoms with E-state index < -0.39 is 0 Å². The van der Waals surface area contributed by atoms with Gasteiger partial charge in [0.1, 0.15) is 5.82 Å². The second-order valence-electron chi connectivity index (χ2n) is 5.74. The number of hydrogen-bond donors (Lipinski definition) is 1. The summed E-state index contributed by atoms with van der Waals surface area (Å²) in [7, 11) is 0. The molecule has 3 aromatic rings. The van der Waals surface area contributed by atoms with Gasteiger partial charge >= 0.3 is 0 Å². The highest BCUT2D eigenvalue weighted by atomic mass is 32.2. The average molecular weight is 383 g/mol. The highest BCUT2D eigenvalue weighted by Crippen LogP contribution is 2.19. The van der Waals surface area contributed by atoms with E-state index in [2.05, 4.69) is 10.4 Å². The van der Waals surface area contributed by atoms with E-state index in [-0.39, 0.29) is 30.4 Å². The number of benzene rings is 2. The zero-order valence-electron chi connectivity index (χ0n) is 14.7. The fourth-order valence-electron chi connectivity index (χ4n) is 2.59. The maximum absolute atomic E-state index is 13.1. The number of nitrogens with zero attached hydrogens (tertiary/aromatic N) is 2. The van der Waals surface area contributed by atoms with Crippen molar-refractivity contribution in [2.45, 2.75) is 11.4 Å². The zero-order chi connectivity index (χ0) is 19.2. The first-order chi connectivity index (χ1) is 13.1. The Bertz CT molecular complexity index is 1000. The maximum Gasteiger partial charge on any atom is 0.266 e. The van der Waals surface area contributed by atoms with Crippen molar-refractivity contribution in [3.63, 3.8) is 0 Å². The Morgan fingerprint density at radius 3 is 2.59 bits per heavy atom. The minimum Gasteiger partial charge on any atom is -0.350 e. The Morgan fingerprint density at radius 1 is 1.11 bits per heavy atom. The van der Waals surface area contributed by atoms with Gasteiger partial charge in [0.25, 0.3) is 11.5 Å². The first-order valence-corrected chi connectivity index (χ1v) is 9.56. The molecule has 0 fully saturated rings. The molecular formula is C20H18FN3O2S. The Morgan fingerprint density at radius 2 is 1.85 bits per heavy atom. The lowest BCUT2D eigenvalue weighted by atomic mass is 10.1. The summed E-state index contributed by atoms with van der Waals surface area (Å²) in [6, 6.07) is 16.3. The van der Waals surface area contributed by atoms with Crippen LogP contribution in [0.2, 0.25) is 0 Å². The van der Waals surface area contributed by atoms with Gasteiger partial charge in [-0.05, 0) is 48.7 Å². The summed E-state index contributed by atoms with van der Waals surface area (Å²) in [6.45, 7) is 0.502. The minimum atomic E-state index is -0.333. The van der Waals surface area contributed by atoms with Crippen LogP contribution in [-0.2, 0) is 6.54 Å². The fraction of sp³-hybridized carbons (Fsp3) is 0.150.